The second-order valence-corrected chi connectivity index (χ2v) is 4.53. The molecule has 0 saturated heterocycles. The molecule has 0 bridgehead atoms. The van der Waals surface area contributed by atoms with Gasteiger partial charge in [-0.05, 0) is 18.2 Å². The predicted molar refractivity (Wildman–Crippen MR) is 78.7 cm³/mol. The fourth-order valence-electron chi connectivity index (χ4n) is 1.27. The van der Waals surface area contributed by atoms with Crippen LogP contribution in [0.4, 0.5) is 5.69 Å². The van der Waals surface area contributed by atoms with E-state index in [0.717, 1.165) is 0 Å². The number of nitrogens with zero attached hydrogens (tertiary/aromatic N) is 1. The summed E-state index contributed by atoms with van der Waals surface area (Å²) in [5.74, 6) is -0.491. The number of nitrogens with one attached hydrogen (secondary N) is 2. The Kier molecular flexibility index (Phi) is 6.88. The number of amides is 1. The number of halogens is 2. The van der Waals surface area contributed by atoms with Crippen molar-refractivity contribution in [1.29, 1.82) is 5.26 Å². The number of anilines is 1. The van der Waals surface area contributed by atoms with Crippen LogP contribution in [-0.4, -0.2) is 26.2 Å². The number of ether oxygens (including phenoxy) is 1. The van der Waals surface area contributed by atoms with Gasteiger partial charge >= 0.3 is 0 Å². The third-order valence-corrected chi connectivity index (χ3v) is 2.82. The van der Waals surface area contributed by atoms with Gasteiger partial charge in [0, 0.05) is 24.9 Å². The van der Waals surface area contributed by atoms with Gasteiger partial charge in [0.1, 0.15) is 11.6 Å². The Bertz CT molecular complexity index is 553. The lowest BCUT2D eigenvalue weighted by Crippen LogP contribution is -2.28. The highest BCUT2D eigenvalue weighted by Crippen LogP contribution is 2.25. The Morgan fingerprint density at radius 2 is 2.25 bits per heavy atom. The number of methoxy groups -OCH3 is 1. The van der Waals surface area contributed by atoms with Gasteiger partial charge in [0.2, 0.25) is 0 Å². The van der Waals surface area contributed by atoms with E-state index in [0.29, 0.717) is 28.9 Å². The first-order chi connectivity index (χ1) is 9.58. The standard InChI is InChI=1S/C13H13Cl2N3O2/c1-20-5-4-17-13(19)9(7-16)8-18-12-6-10(14)2-3-11(12)15/h2-3,6,8,18H,4-5H2,1H3,(H,17,19)/b9-8-. The molecule has 0 aliphatic heterocycles. The number of hydrogen-bond acceptors (Lipinski definition) is 4. The fourth-order valence-corrected chi connectivity index (χ4v) is 1.61. The Morgan fingerprint density at radius 1 is 1.50 bits per heavy atom. The van der Waals surface area contributed by atoms with Crippen molar-refractivity contribution in [2.24, 2.45) is 0 Å². The zero-order valence-corrected chi connectivity index (χ0v) is 12.3. The van der Waals surface area contributed by atoms with Crippen molar-refractivity contribution in [3.05, 3.63) is 40.0 Å². The monoisotopic (exact) mass is 313 g/mol. The van der Waals surface area contributed by atoms with E-state index < -0.39 is 5.91 Å². The number of carbonyl (C=O) groups is 1. The molecule has 1 aromatic rings. The number of hydrogen-bond donors (Lipinski definition) is 2. The van der Waals surface area contributed by atoms with Gasteiger partial charge in [0.25, 0.3) is 5.91 Å². The van der Waals surface area contributed by atoms with Crippen molar-refractivity contribution in [2.45, 2.75) is 0 Å². The van der Waals surface area contributed by atoms with Gasteiger partial charge < -0.3 is 15.4 Å². The first kappa shape index (κ1) is 16.3. The molecule has 0 unspecified atom stereocenters. The van der Waals surface area contributed by atoms with E-state index in [2.05, 4.69) is 10.6 Å². The lowest BCUT2D eigenvalue weighted by Gasteiger charge is -2.06. The van der Waals surface area contributed by atoms with Gasteiger partial charge in [-0.3, -0.25) is 4.79 Å². The molecule has 1 rings (SSSR count). The smallest absolute Gasteiger partial charge is 0.263 e. The highest BCUT2D eigenvalue weighted by atomic mass is 35.5. The SMILES string of the molecule is COCCNC(=O)/C(C#N)=C\Nc1cc(Cl)ccc1Cl. The molecule has 1 aromatic carbocycles. The Balaban J connectivity index is 2.73. The largest absolute Gasteiger partial charge is 0.383 e. The molecule has 0 heterocycles. The van der Waals surface area contributed by atoms with Gasteiger partial charge in [-0.1, -0.05) is 23.2 Å². The molecule has 0 atom stereocenters. The average molecular weight is 314 g/mol. The highest BCUT2D eigenvalue weighted by molar-refractivity contribution is 6.35. The minimum absolute atomic E-state index is 0.0721. The molecular weight excluding hydrogens is 301 g/mol. The maximum Gasteiger partial charge on any atom is 0.263 e. The van der Waals surface area contributed by atoms with Gasteiger partial charge in [0.05, 0.1) is 17.3 Å². The molecule has 0 aromatic heterocycles. The van der Waals surface area contributed by atoms with Gasteiger partial charge in [0.15, 0.2) is 0 Å². The van der Waals surface area contributed by atoms with Crippen molar-refractivity contribution in [2.75, 3.05) is 25.6 Å². The van der Waals surface area contributed by atoms with E-state index >= 15 is 0 Å². The maximum atomic E-state index is 11.7. The zero-order chi connectivity index (χ0) is 15.0. The van der Waals surface area contributed by atoms with Crippen LogP contribution < -0.4 is 10.6 Å². The molecule has 106 valence electrons. The number of nitriles is 1. The molecule has 7 heteroatoms. The van der Waals surface area contributed by atoms with Crippen LogP contribution in [0.5, 0.6) is 0 Å². The summed E-state index contributed by atoms with van der Waals surface area (Å²) in [5.41, 5.74) is 0.439. The third-order valence-electron chi connectivity index (χ3n) is 2.26. The molecular formula is C13H13Cl2N3O2. The minimum atomic E-state index is -0.491. The normalized spacial score (nSPS) is 10.8. The first-order valence-electron chi connectivity index (χ1n) is 5.67. The van der Waals surface area contributed by atoms with Gasteiger partial charge in [-0.2, -0.15) is 5.26 Å². The van der Waals surface area contributed by atoms with E-state index in [9.17, 15) is 4.79 Å². The van der Waals surface area contributed by atoms with Crippen molar-refractivity contribution >= 4 is 34.8 Å². The molecule has 1 amide bonds. The average Bonchev–Trinajstić information content (AvgIpc) is 2.43. The lowest BCUT2D eigenvalue weighted by molar-refractivity contribution is -0.117. The van der Waals surface area contributed by atoms with Crippen LogP contribution in [0.1, 0.15) is 0 Å². The molecule has 2 N–H and O–H groups in total. The number of rotatable bonds is 6. The quantitative estimate of drug-likeness (QED) is 0.481. The zero-order valence-electron chi connectivity index (χ0n) is 10.7. The van der Waals surface area contributed by atoms with Crippen LogP contribution >= 0.6 is 23.2 Å². The molecule has 0 aliphatic carbocycles. The lowest BCUT2D eigenvalue weighted by atomic mass is 10.2. The maximum absolute atomic E-state index is 11.7. The summed E-state index contributed by atoms with van der Waals surface area (Å²) in [5, 5.41) is 15.2. The Hall–Kier alpha value is -1.74. The highest BCUT2D eigenvalue weighted by Gasteiger charge is 2.08. The summed E-state index contributed by atoms with van der Waals surface area (Å²) in [7, 11) is 1.52. The molecule has 5 nitrogen and oxygen atoms in total. The van der Waals surface area contributed by atoms with Crippen LogP contribution in [0.25, 0.3) is 0 Å². The second kappa shape index (κ2) is 8.43. The van der Waals surface area contributed by atoms with Crippen molar-refractivity contribution in [1.82, 2.24) is 5.32 Å². The summed E-state index contributed by atoms with van der Waals surface area (Å²) in [6.45, 7) is 0.699. The van der Waals surface area contributed by atoms with E-state index in [1.807, 2.05) is 0 Å². The van der Waals surface area contributed by atoms with Crippen LogP contribution in [0.3, 0.4) is 0 Å². The van der Waals surface area contributed by atoms with Crippen molar-refractivity contribution in [3.63, 3.8) is 0 Å². The van der Waals surface area contributed by atoms with Crippen molar-refractivity contribution in [3.8, 4) is 6.07 Å². The Morgan fingerprint density at radius 3 is 2.90 bits per heavy atom. The molecule has 20 heavy (non-hydrogen) atoms. The van der Waals surface area contributed by atoms with E-state index in [4.69, 9.17) is 33.2 Å². The topological polar surface area (TPSA) is 74.1 Å². The number of benzene rings is 1. The molecule has 0 radical (unpaired) electrons. The summed E-state index contributed by atoms with van der Waals surface area (Å²) < 4.78 is 4.80. The summed E-state index contributed by atoms with van der Waals surface area (Å²) in [6.07, 6.45) is 1.28. The minimum Gasteiger partial charge on any atom is -0.383 e. The first-order valence-corrected chi connectivity index (χ1v) is 6.43. The fraction of sp³-hybridized carbons (Fsp3) is 0.231. The van der Waals surface area contributed by atoms with Crippen molar-refractivity contribution < 1.29 is 9.53 Å². The van der Waals surface area contributed by atoms with Crippen LogP contribution in [0, 0.1) is 11.3 Å². The van der Waals surface area contributed by atoms with E-state index in [1.54, 1.807) is 24.3 Å². The Labute approximate surface area is 127 Å². The summed E-state index contributed by atoms with van der Waals surface area (Å²) in [4.78, 5) is 11.7. The van der Waals surface area contributed by atoms with Crippen LogP contribution in [-0.2, 0) is 9.53 Å². The number of carbonyl (C=O) groups excluding carboxylic acids is 1. The van der Waals surface area contributed by atoms with Gasteiger partial charge in [-0.25, -0.2) is 0 Å². The van der Waals surface area contributed by atoms with E-state index in [1.165, 1.54) is 13.3 Å². The second-order valence-electron chi connectivity index (χ2n) is 3.69. The molecule has 0 saturated carbocycles. The van der Waals surface area contributed by atoms with Crippen LogP contribution in [0.2, 0.25) is 10.0 Å². The summed E-state index contributed by atoms with van der Waals surface area (Å²) in [6, 6.07) is 6.65. The van der Waals surface area contributed by atoms with Crippen LogP contribution in [0.15, 0.2) is 30.0 Å². The molecule has 0 fully saturated rings. The third kappa shape index (κ3) is 5.10. The predicted octanol–water partition coefficient (Wildman–Crippen LogP) is 2.58. The summed E-state index contributed by atoms with van der Waals surface area (Å²) >= 11 is 11.8. The molecule has 0 spiro atoms. The van der Waals surface area contributed by atoms with E-state index in [-0.39, 0.29) is 5.57 Å². The molecule has 0 aliphatic rings. The van der Waals surface area contributed by atoms with Gasteiger partial charge in [-0.15, -0.1) is 0 Å².